The van der Waals surface area contributed by atoms with Gasteiger partial charge in [0, 0.05) is 18.8 Å². The van der Waals surface area contributed by atoms with Crippen LogP contribution in [0, 0.1) is 5.92 Å². The summed E-state index contributed by atoms with van der Waals surface area (Å²) in [6, 6.07) is 8.24. The Bertz CT molecular complexity index is 401. The zero-order valence-corrected chi connectivity index (χ0v) is 11.7. The first kappa shape index (κ1) is 14.6. The number of carboxylic acids is 1. The van der Waals surface area contributed by atoms with Gasteiger partial charge in [-0.05, 0) is 24.5 Å². The summed E-state index contributed by atoms with van der Waals surface area (Å²) >= 11 is 0. The van der Waals surface area contributed by atoms with Crippen molar-refractivity contribution in [2.75, 3.05) is 18.0 Å². The Hall–Kier alpha value is -1.51. The molecule has 1 N–H and O–H groups in total. The van der Waals surface area contributed by atoms with Crippen molar-refractivity contribution in [1.82, 2.24) is 0 Å². The predicted molar refractivity (Wildman–Crippen MR) is 75.2 cm³/mol. The Morgan fingerprint density at radius 3 is 2.39 bits per heavy atom. The van der Waals surface area contributed by atoms with Gasteiger partial charge in [0.05, 0.1) is 5.92 Å². The van der Waals surface area contributed by atoms with E-state index in [0.717, 1.165) is 12.2 Å². The molecule has 0 bridgehead atoms. The number of para-hydroxylation sites is 1. The van der Waals surface area contributed by atoms with Crippen LogP contribution in [0.25, 0.3) is 0 Å². The predicted octanol–water partition coefficient (Wildman–Crippen LogP) is 3.36. The molecule has 0 heterocycles. The lowest BCUT2D eigenvalue weighted by molar-refractivity contribution is -0.140. The lowest BCUT2D eigenvalue weighted by Crippen LogP contribution is -2.32. The Morgan fingerprint density at radius 1 is 1.28 bits per heavy atom. The molecular weight excluding hydrogens is 226 g/mol. The average Bonchev–Trinajstić information content (AvgIpc) is 2.35. The molecule has 1 unspecified atom stereocenters. The smallest absolute Gasteiger partial charge is 0.308 e. The number of hydrogen-bond acceptors (Lipinski definition) is 2. The second kappa shape index (κ2) is 6.43. The number of benzene rings is 1. The first-order valence-corrected chi connectivity index (χ1v) is 6.54. The topological polar surface area (TPSA) is 40.5 Å². The van der Waals surface area contributed by atoms with Crippen LogP contribution < -0.4 is 4.90 Å². The molecule has 0 aliphatic carbocycles. The molecule has 1 atom stereocenters. The monoisotopic (exact) mass is 249 g/mol. The van der Waals surface area contributed by atoms with Gasteiger partial charge in [-0.15, -0.1) is 0 Å². The van der Waals surface area contributed by atoms with Crippen LogP contribution in [0.2, 0.25) is 0 Å². The molecule has 100 valence electrons. The van der Waals surface area contributed by atoms with Crippen LogP contribution in [0.15, 0.2) is 24.3 Å². The van der Waals surface area contributed by atoms with Gasteiger partial charge in [-0.3, -0.25) is 4.79 Å². The van der Waals surface area contributed by atoms with Gasteiger partial charge >= 0.3 is 5.97 Å². The third kappa shape index (κ3) is 3.49. The molecule has 0 amide bonds. The van der Waals surface area contributed by atoms with E-state index >= 15 is 0 Å². The quantitative estimate of drug-likeness (QED) is 0.840. The second-order valence-electron chi connectivity index (χ2n) is 4.99. The number of anilines is 1. The van der Waals surface area contributed by atoms with E-state index in [0.29, 0.717) is 12.5 Å². The maximum absolute atomic E-state index is 11.0. The first-order valence-electron chi connectivity index (χ1n) is 6.54. The zero-order chi connectivity index (χ0) is 13.7. The van der Waals surface area contributed by atoms with E-state index in [2.05, 4.69) is 37.8 Å². The highest BCUT2D eigenvalue weighted by Gasteiger charge is 2.18. The maximum atomic E-state index is 11.0. The minimum Gasteiger partial charge on any atom is -0.481 e. The molecule has 0 spiro atoms. The summed E-state index contributed by atoms with van der Waals surface area (Å²) in [5.74, 6) is -0.656. The van der Waals surface area contributed by atoms with Gasteiger partial charge in [0.1, 0.15) is 0 Å². The molecule has 3 nitrogen and oxygen atoms in total. The van der Waals surface area contributed by atoms with E-state index in [1.165, 1.54) is 5.56 Å². The standard InChI is InChI=1S/C15H23NO2/c1-5-16(10-12(4)15(17)18)14-9-7-6-8-13(14)11(2)3/h6-9,11-12H,5,10H2,1-4H3,(H,17,18). The fraction of sp³-hybridized carbons (Fsp3) is 0.533. The normalized spacial score (nSPS) is 12.5. The average molecular weight is 249 g/mol. The van der Waals surface area contributed by atoms with E-state index in [1.807, 2.05) is 12.1 Å². The van der Waals surface area contributed by atoms with Crippen LogP contribution in [0.4, 0.5) is 5.69 Å². The van der Waals surface area contributed by atoms with Crippen molar-refractivity contribution in [2.45, 2.75) is 33.6 Å². The van der Waals surface area contributed by atoms with Gasteiger partial charge in [-0.2, -0.15) is 0 Å². The van der Waals surface area contributed by atoms with Gasteiger partial charge in [0.2, 0.25) is 0 Å². The van der Waals surface area contributed by atoms with Gasteiger partial charge in [-0.25, -0.2) is 0 Å². The van der Waals surface area contributed by atoms with Crippen LogP contribution in [-0.2, 0) is 4.79 Å². The highest BCUT2D eigenvalue weighted by atomic mass is 16.4. The maximum Gasteiger partial charge on any atom is 0.308 e. The van der Waals surface area contributed by atoms with Crippen molar-refractivity contribution >= 4 is 11.7 Å². The Balaban J connectivity index is 2.98. The highest BCUT2D eigenvalue weighted by molar-refractivity contribution is 5.70. The third-order valence-corrected chi connectivity index (χ3v) is 3.20. The van der Waals surface area contributed by atoms with Gasteiger partial charge in [-0.1, -0.05) is 39.0 Å². The molecule has 0 radical (unpaired) electrons. The van der Waals surface area contributed by atoms with Crippen LogP contribution in [0.1, 0.15) is 39.2 Å². The largest absolute Gasteiger partial charge is 0.481 e. The first-order chi connectivity index (χ1) is 8.47. The molecule has 0 aliphatic heterocycles. The van der Waals surface area contributed by atoms with Gasteiger partial charge in [0.15, 0.2) is 0 Å². The molecule has 3 heteroatoms. The zero-order valence-electron chi connectivity index (χ0n) is 11.7. The number of rotatable bonds is 6. The van der Waals surface area contributed by atoms with E-state index in [-0.39, 0.29) is 5.92 Å². The lowest BCUT2D eigenvalue weighted by Gasteiger charge is -2.28. The summed E-state index contributed by atoms with van der Waals surface area (Å²) in [5.41, 5.74) is 2.43. The lowest BCUT2D eigenvalue weighted by atomic mass is 10.00. The number of carboxylic acid groups (broad SMARTS) is 1. The highest BCUT2D eigenvalue weighted by Crippen LogP contribution is 2.27. The molecule has 0 saturated carbocycles. The van der Waals surface area contributed by atoms with E-state index in [4.69, 9.17) is 5.11 Å². The number of carbonyl (C=O) groups is 1. The van der Waals surface area contributed by atoms with Crippen LogP contribution in [0.5, 0.6) is 0 Å². The summed E-state index contributed by atoms with van der Waals surface area (Å²) < 4.78 is 0. The second-order valence-corrected chi connectivity index (χ2v) is 4.99. The molecule has 18 heavy (non-hydrogen) atoms. The Morgan fingerprint density at radius 2 is 1.89 bits per heavy atom. The van der Waals surface area contributed by atoms with Crippen molar-refractivity contribution < 1.29 is 9.90 Å². The Labute approximate surface area is 109 Å². The number of aliphatic carboxylic acids is 1. The van der Waals surface area contributed by atoms with E-state index in [9.17, 15) is 4.79 Å². The minimum atomic E-state index is -0.740. The molecule has 1 rings (SSSR count). The van der Waals surface area contributed by atoms with Crippen molar-refractivity contribution in [1.29, 1.82) is 0 Å². The van der Waals surface area contributed by atoms with Gasteiger partial charge in [0.25, 0.3) is 0 Å². The van der Waals surface area contributed by atoms with Crippen LogP contribution >= 0.6 is 0 Å². The Kier molecular flexibility index (Phi) is 5.20. The number of nitrogens with zero attached hydrogens (tertiary/aromatic N) is 1. The molecular formula is C15H23NO2. The molecule has 0 aliphatic rings. The molecule has 1 aromatic carbocycles. The van der Waals surface area contributed by atoms with Crippen molar-refractivity contribution in [3.63, 3.8) is 0 Å². The molecule has 0 fully saturated rings. The SMILES string of the molecule is CCN(CC(C)C(=O)O)c1ccccc1C(C)C. The summed E-state index contributed by atoms with van der Waals surface area (Å²) in [6.07, 6.45) is 0. The van der Waals surface area contributed by atoms with E-state index < -0.39 is 5.97 Å². The van der Waals surface area contributed by atoms with Crippen LogP contribution in [-0.4, -0.2) is 24.2 Å². The summed E-state index contributed by atoms with van der Waals surface area (Å²) in [6.45, 7) is 9.51. The van der Waals surface area contributed by atoms with E-state index in [1.54, 1.807) is 6.92 Å². The summed E-state index contributed by atoms with van der Waals surface area (Å²) in [7, 11) is 0. The molecule has 1 aromatic rings. The van der Waals surface area contributed by atoms with Crippen molar-refractivity contribution in [3.8, 4) is 0 Å². The molecule has 0 aromatic heterocycles. The van der Waals surface area contributed by atoms with Crippen molar-refractivity contribution in [3.05, 3.63) is 29.8 Å². The van der Waals surface area contributed by atoms with Crippen molar-refractivity contribution in [2.24, 2.45) is 5.92 Å². The van der Waals surface area contributed by atoms with Crippen LogP contribution in [0.3, 0.4) is 0 Å². The third-order valence-electron chi connectivity index (χ3n) is 3.20. The summed E-state index contributed by atoms with van der Waals surface area (Å²) in [4.78, 5) is 13.1. The summed E-state index contributed by atoms with van der Waals surface area (Å²) in [5, 5.41) is 9.03. The molecule has 0 saturated heterocycles. The number of hydrogen-bond donors (Lipinski definition) is 1. The van der Waals surface area contributed by atoms with Gasteiger partial charge < -0.3 is 10.0 Å². The fourth-order valence-corrected chi connectivity index (χ4v) is 2.07. The minimum absolute atomic E-state index is 0.356. The fourth-order valence-electron chi connectivity index (χ4n) is 2.07.